The van der Waals surface area contributed by atoms with Crippen LogP contribution in [-0.4, -0.2) is 78.0 Å². The lowest BCUT2D eigenvalue weighted by Crippen LogP contribution is -2.43. The number of piperidine rings is 1. The number of likely N-dealkylation sites (tertiary alicyclic amines) is 1. The number of aryl methyl sites for hydroxylation is 1. The SMILES string of the molecule is COc1cc(C)[nH]c(=O)c1CNC(=O)c1c(C)n(C(C)C2CCN(CC3N=CCN3C)CC2)c2ccccc12. The number of ether oxygens (including phenoxy) is 1. The van der Waals surface area contributed by atoms with Crippen LogP contribution >= 0.6 is 0 Å². The Hall–Kier alpha value is -3.43. The number of H-pyrrole nitrogens is 1. The number of fused-ring (bicyclic) bond motifs is 1. The number of aliphatic imine (C=N–C) groups is 1. The number of nitrogens with zero attached hydrogens (tertiary/aromatic N) is 4. The Balaban J connectivity index is 1.34. The Morgan fingerprint density at radius 3 is 2.67 bits per heavy atom. The van der Waals surface area contributed by atoms with E-state index in [0.29, 0.717) is 28.5 Å². The molecule has 0 aliphatic carbocycles. The molecule has 1 fully saturated rings. The Morgan fingerprint density at radius 2 is 1.97 bits per heavy atom. The highest BCUT2D eigenvalue weighted by atomic mass is 16.5. The zero-order valence-corrected chi connectivity index (χ0v) is 23.7. The molecule has 1 saturated heterocycles. The molecule has 208 valence electrons. The van der Waals surface area contributed by atoms with Crippen LogP contribution in [0.25, 0.3) is 10.9 Å². The predicted octanol–water partition coefficient (Wildman–Crippen LogP) is 3.50. The van der Waals surface area contributed by atoms with Crippen LogP contribution in [0.5, 0.6) is 5.75 Å². The Kier molecular flexibility index (Phi) is 7.91. The number of aromatic amines is 1. The molecule has 2 atom stereocenters. The van der Waals surface area contributed by atoms with E-state index in [0.717, 1.165) is 55.6 Å². The van der Waals surface area contributed by atoms with Crippen LogP contribution in [0.1, 0.15) is 53.1 Å². The summed E-state index contributed by atoms with van der Waals surface area (Å²) in [5, 5.41) is 3.92. The van der Waals surface area contributed by atoms with Crippen LogP contribution < -0.4 is 15.6 Å². The highest BCUT2D eigenvalue weighted by Gasteiger charge is 2.30. The Morgan fingerprint density at radius 1 is 1.23 bits per heavy atom. The van der Waals surface area contributed by atoms with E-state index < -0.39 is 0 Å². The van der Waals surface area contributed by atoms with Gasteiger partial charge in [0.2, 0.25) is 0 Å². The molecule has 3 aromatic rings. The van der Waals surface area contributed by atoms with E-state index in [1.54, 1.807) is 13.0 Å². The van der Waals surface area contributed by atoms with Crippen molar-refractivity contribution in [3.8, 4) is 5.75 Å². The average molecular weight is 533 g/mol. The molecular formula is C30H40N6O3. The zero-order chi connectivity index (χ0) is 27.7. The quantitative estimate of drug-likeness (QED) is 0.463. The van der Waals surface area contributed by atoms with Crippen molar-refractivity contribution in [3.05, 3.63) is 63.2 Å². The number of aromatic nitrogens is 2. The van der Waals surface area contributed by atoms with Crippen molar-refractivity contribution >= 4 is 23.0 Å². The lowest BCUT2D eigenvalue weighted by atomic mass is 9.90. The van der Waals surface area contributed by atoms with Crippen molar-refractivity contribution in [3.63, 3.8) is 0 Å². The van der Waals surface area contributed by atoms with Crippen molar-refractivity contribution in [1.29, 1.82) is 0 Å². The smallest absolute Gasteiger partial charge is 0.256 e. The summed E-state index contributed by atoms with van der Waals surface area (Å²) in [7, 11) is 3.67. The zero-order valence-electron chi connectivity index (χ0n) is 23.7. The van der Waals surface area contributed by atoms with E-state index in [9.17, 15) is 9.59 Å². The average Bonchev–Trinajstić information content (AvgIpc) is 3.46. The molecule has 0 radical (unpaired) electrons. The van der Waals surface area contributed by atoms with Gasteiger partial charge < -0.3 is 19.6 Å². The van der Waals surface area contributed by atoms with Gasteiger partial charge in [-0.3, -0.25) is 24.4 Å². The molecule has 2 aliphatic heterocycles. The fourth-order valence-corrected chi connectivity index (χ4v) is 6.27. The van der Waals surface area contributed by atoms with Gasteiger partial charge in [-0.05, 0) is 71.8 Å². The Labute approximate surface area is 229 Å². The third-order valence-electron chi connectivity index (χ3n) is 8.56. The molecule has 2 unspecified atom stereocenters. The second kappa shape index (κ2) is 11.4. The number of pyridine rings is 1. The minimum Gasteiger partial charge on any atom is -0.496 e. The molecule has 2 aliphatic rings. The van der Waals surface area contributed by atoms with E-state index in [-0.39, 0.29) is 30.2 Å². The third kappa shape index (κ3) is 5.38. The molecule has 0 spiro atoms. The monoisotopic (exact) mass is 532 g/mol. The van der Waals surface area contributed by atoms with Crippen molar-refractivity contribution in [2.75, 3.05) is 40.3 Å². The minimum atomic E-state index is -0.252. The number of rotatable bonds is 8. The molecule has 0 saturated carbocycles. The van der Waals surface area contributed by atoms with Crippen molar-refractivity contribution in [2.45, 2.75) is 52.4 Å². The normalized spacial score (nSPS) is 19.6. The second-order valence-corrected chi connectivity index (χ2v) is 11.0. The van der Waals surface area contributed by atoms with Crippen LogP contribution in [-0.2, 0) is 6.54 Å². The van der Waals surface area contributed by atoms with Gasteiger partial charge in [0.1, 0.15) is 11.9 Å². The summed E-state index contributed by atoms with van der Waals surface area (Å²) >= 11 is 0. The fraction of sp³-hybridized carbons (Fsp3) is 0.500. The molecule has 2 aromatic heterocycles. The standard InChI is InChI=1S/C30H40N6O3/c1-19-16-26(39-5)24(29(37)33-19)17-32-30(38)28-21(3)36(25-9-7-6-8-23(25)28)20(2)22-10-13-35(14-11-22)18-27-31-12-15-34(27)4/h6-9,12,16,20,22,27H,10-11,13-15,17-18H2,1-5H3,(H,32,38)(H,33,37). The highest BCUT2D eigenvalue weighted by molar-refractivity contribution is 6.08. The summed E-state index contributed by atoms with van der Waals surface area (Å²) in [5.41, 5.74) is 3.56. The van der Waals surface area contributed by atoms with Gasteiger partial charge in [-0.15, -0.1) is 0 Å². The van der Waals surface area contributed by atoms with Crippen LogP contribution in [0.15, 0.2) is 40.1 Å². The topological polar surface area (TPSA) is 95.0 Å². The number of carbonyl (C=O) groups excluding carboxylic acids is 1. The van der Waals surface area contributed by atoms with Gasteiger partial charge in [0.15, 0.2) is 0 Å². The molecule has 9 heteroatoms. The second-order valence-electron chi connectivity index (χ2n) is 11.0. The lowest BCUT2D eigenvalue weighted by molar-refractivity contribution is 0.0950. The van der Waals surface area contributed by atoms with Crippen molar-refractivity contribution in [1.82, 2.24) is 24.7 Å². The van der Waals surface area contributed by atoms with Gasteiger partial charge in [-0.2, -0.15) is 0 Å². The van der Waals surface area contributed by atoms with E-state index in [4.69, 9.17) is 4.74 Å². The lowest BCUT2D eigenvalue weighted by Gasteiger charge is -2.37. The molecule has 1 amide bonds. The third-order valence-corrected chi connectivity index (χ3v) is 8.56. The van der Waals surface area contributed by atoms with Crippen LogP contribution in [0.3, 0.4) is 0 Å². The van der Waals surface area contributed by atoms with Gasteiger partial charge in [0.25, 0.3) is 11.5 Å². The van der Waals surface area contributed by atoms with Gasteiger partial charge in [0.05, 0.1) is 24.8 Å². The van der Waals surface area contributed by atoms with E-state index in [1.807, 2.05) is 31.3 Å². The van der Waals surface area contributed by atoms with Crippen molar-refractivity contribution < 1.29 is 9.53 Å². The summed E-state index contributed by atoms with van der Waals surface area (Å²) in [6.07, 6.45) is 4.52. The number of hydrogen-bond acceptors (Lipinski definition) is 6. The van der Waals surface area contributed by atoms with Crippen LogP contribution in [0.4, 0.5) is 0 Å². The summed E-state index contributed by atoms with van der Waals surface area (Å²) in [6.45, 7) is 10.3. The first-order valence-corrected chi connectivity index (χ1v) is 13.9. The number of para-hydroxylation sites is 1. The van der Waals surface area contributed by atoms with Gasteiger partial charge in [-0.25, -0.2) is 0 Å². The van der Waals surface area contributed by atoms with E-state index >= 15 is 0 Å². The molecule has 9 nitrogen and oxygen atoms in total. The minimum absolute atomic E-state index is 0.0881. The maximum atomic E-state index is 13.6. The Bertz CT molecular complexity index is 1430. The summed E-state index contributed by atoms with van der Waals surface area (Å²) in [5.74, 6) is 0.807. The molecule has 5 rings (SSSR count). The first-order valence-electron chi connectivity index (χ1n) is 13.9. The highest BCUT2D eigenvalue weighted by Crippen LogP contribution is 2.36. The number of amides is 1. The number of likely N-dealkylation sites (N-methyl/N-ethyl adjacent to an activating group) is 1. The predicted molar refractivity (Wildman–Crippen MR) is 155 cm³/mol. The number of hydrogen-bond donors (Lipinski definition) is 2. The fourth-order valence-electron chi connectivity index (χ4n) is 6.27. The number of benzene rings is 1. The van der Waals surface area contributed by atoms with E-state index in [2.05, 4.69) is 49.7 Å². The maximum absolute atomic E-state index is 13.6. The molecular weight excluding hydrogens is 492 g/mol. The number of methoxy groups -OCH3 is 1. The number of nitrogens with one attached hydrogen (secondary N) is 2. The molecule has 2 N–H and O–H groups in total. The van der Waals surface area contributed by atoms with Crippen LogP contribution in [0, 0.1) is 19.8 Å². The van der Waals surface area contributed by atoms with E-state index in [1.165, 1.54) is 7.11 Å². The van der Waals surface area contributed by atoms with Gasteiger partial charge in [-0.1, -0.05) is 18.2 Å². The van der Waals surface area contributed by atoms with Gasteiger partial charge in [0, 0.05) is 47.6 Å². The molecule has 0 bridgehead atoms. The summed E-state index contributed by atoms with van der Waals surface area (Å²) < 4.78 is 7.75. The largest absolute Gasteiger partial charge is 0.496 e. The molecule has 39 heavy (non-hydrogen) atoms. The van der Waals surface area contributed by atoms with Crippen LogP contribution in [0.2, 0.25) is 0 Å². The maximum Gasteiger partial charge on any atom is 0.256 e. The first kappa shape index (κ1) is 27.1. The first-order chi connectivity index (χ1) is 18.8. The van der Waals surface area contributed by atoms with Gasteiger partial charge >= 0.3 is 0 Å². The summed E-state index contributed by atoms with van der Waals surface area (Å²) in [6, 6.07) is 10.2. The number of carbonyl (C=O) groups is 1. The molecule has 4 heterocycles. The molecule has 1 aromatic carbocycles. The van der Waals surface area contributed by atoms with Crippen molar-refractivity contribution in [2.24, 2.45) is 10.9 Å². The summed E-state index contributed by atoms with van der Waals surface area (Å²) in [4.78, 5) is 38.4.